The Morgan fingerprint density at radius 2 is 1.59 bits per heavy atom. The molecule has 1 heterocycles. The van der Waals surface area contributed by atoms with E-state index in [-0.39, 0.29) is 30.6 Å². The third-order valence-electron chi connectivity index (χ3n) is 4.34. The van der Waals surface area contributed by atoms with Crippen molar-refractivity contribution in [3.05, 3.63) is 60.2 Å². The highest BCUT2D eigenvalue weighted by atomic mass is 16.5. The van der Waals surface area contributed by atoms with Crippen molar-refractivity contribution in [2.75, 3.05) is 30.3 Å². The Balaban J connectivity index is 1.65. The van der Waals surface area contributed by atoms with Gasteiger partial charge in [0.2, 0.25) is 5.91 Å². The number of morpholine rings is 1. The lowest BCUT2D eigenvalue weighted by Crippen LogP contribution is -2.48. The van der Waals surface area contributed by atoms with E-state index in [0.29, 0.717) is 30.0 Å². The summed E-state index contributed by atoms with van der Waals surface area (Å²) >= 11 is 0. The van der Waals surface area contributed by atoms with Crippen LogP contribution >= 0.6 is 0 Å². The number of hydrogen-bond donors (Lipinski definition) is 2. The second-order valence-electron chi connectivity index (χ2n) is 6.87. The van der Waals surface area contributed by atoms with Gasteiger partial charge in [0.05, 0.1) is 30.0 Å². The van der Waals surface area contributed by atoms with Crippen molar-refractivity contribution in [2.24, 2.45) is 0 Å². The number of ether oxygens (including phenoxy) is 1. The average molecular weight is 367 g/mol. The van der Waals surface area contributed by atoms with Gasteiger partial charge in [-0.2, -0.15) is 0 Å². The van der Waals surface area contributed by atoms with E-state index in [0.717, 1.165) is 0 Å². The van der Waals surface area contributed by atoms with Gasteiger partial charge in [-0.3, -0.25) is 14.5 Å². The standard InChI is InChI=1S/C21H25N3O3/c1-15-12-24(13-16(2)27-15)14-20(25)23-19-11-7-6-10-18(19)21(26)22-17-8-4-3-5-9-17/h3-11,15-16H,12-14H2,1-2H3,(H,22,26)(H,23,25). The fraction of sp³-hybridized carbons (Fsp3) is 0.333. The van der Waals surface area contributed by atoms with E-state index in [1.54, 1.807) is 24.3 Å². The van der Waals surface area contributed by atoms with Crippen LogP contribution in [0.3, 0.4) is 0 Å². The number of benzene rings is 2. The molecule has 2 amide bonds. The molecule has 27 heavy (non-hydrogen) atoms. The Morgan fingerprint density at radius 3 is 2.30 bits per heavy atom. The first-order valence-electron chi connectivity index (χ1n) is 9.14. The fourth-order valence-corrected chi connectivity index (χ4v) is 3.32. The van der Waals surface area contributed by atoms with Crippen molar-refractivity contribution >= 4 is 23.2 Å². The van der Waals surface area contributed by atoms with E-state index in [1.165, 1.54) is 0 Å². The first kappa shape index (κ1) is 19.1. The van der Waals surface area contributed by atoms with E-state index < -0.39 is 0 Å². The number of para-hydroxylation sites is 2. The van der Waals surface area contributed by atoms with Crippen LogP contribution in [0.5, 0.6) is 0 Å². The lowest BCUT2D eigenvalue weighted by Gasteiger charge is -2.34. The molecule has 0 radical (unpaired) electrons. The zero-order chi connectivity index (χ0) is 19.2. The third kappa shape index (κ3) is 5.39. The molecule has 1 saturated heterocycles. The van der Waals surface area contributed by atoms with Gasteiger partial charge in [-0.25, -0.2) is 0 Å². The molecule has 0 aromatic heterocycles. The van der Waals surface area contributed by atoms with E-state index >= 15 is 0 Å². The molecule has 0 saturated carbocycles. The third-order valence-corrected chi connectivity index (χ3v) is 4.34. The van der Waals surface area contributed by atoms with Gasteiger partial charge in [0.15, 0.2) is 0 Å². The molecule has 2 atom stereocenters. The Hall–Kier alpha value is -2.70. The molecule has 2 aromatic rings. The van der Waals surface area contributed by atoms with Gasteiger partial charge in [0, 0.05) is 18.8 Å². The zero-order valence-corrected chi connectivity index (χ0v) is 15.6. The molecule has 6 heteroatoms. The minimum atomic E-state index is -0.259. The number of carbonyl (C=O) groups is 2. The maximum Gasteiger partial charge on any atom is 0.257 e. The molecule has 0 bridgehead atoms. The van der Waals surface area contributed by atoms with Gasteiger partial charge in [-0.05, 0) is 38.1 Å². The highest BCUT2D eigenvalue weighted by Gasteiger charge is 2.24. The van der Waals surface area contributed by atoms with Crippen LogP contribution in [0.1, 0.15) is 24.2 Å². The second-order valence-corrected chi connectivity index (χ2v) is 6.87. The van der Waals surface area contributed by atoms with E-state index in [4.69, 9.17) is 4.74 Å². The predicted octanol–water partition coefficient (Wildman–Crippen LogP) is 2.99. The summed E-state index contributed by atoms with van der Waals surface area (Å²) in [6.07, 6.45) is 0.205. The Bertz CT molecular complexity index is 784. The van der Waals surface area contributed by atoms with Gasteiger partial charge in [0.1, 0.15) is 0 Å². The maximum atomic E-state index is 12.6. The number of rotatable bonds is 5. The second kappa shape index (κ2) is 8.79. The van der Waals surface area contributed by atoms with Crippen LogP contribution in [-0.2, 0) is 9.53 Å². The van der Waals surface area contributed by atoms with Gasteiger partial charge < -0.3 is 15.4 Å². The molecule has 2 unspecified atom stereocenters. The molecule has 0 aliphatic carbocycles. The predicted molar refractivity (Wildman–Crippen MR) is 106 cm³/mol. The lowest BCUT2D eigenvalue weighted by molar-refractivity contribution is -0.121. The van der Waals surface area contributed by atoms with Gasteiger partial charge >= 0.3 is 0 Å². The summed E-state index contributed by atoms with van der Waals surface area (Å²) in [5.74, 6) is -0.401. The molecule has 1 fully saturated rings. The highest BCUT2D eigenvalue weighted by Crippen LogP contribution is 2.18. The minimum Gasteiger partial charge on any atom is -0.373 e. The van der Waals surface area contributed by atoms with Gasteiger partial charge in [-0.1, -0.05) is 30.3 Å². The van der Waals surface area contributed by atoms with Crippen molar-refractivity contribution in [1.29, 1.82) is 0 Å². The van der Waals surface area contributed by atoms with Gasteiger partial charge in [-0.15, -0.1) is 0 Å². The topological polar surface area (TPSA) is 70.7 Å². The largest absolute Gasteiger partial charge is 0.373 e. The average Bonchev–Trinajstić information content (AvgIpc) is 2.62. The van der Waals surface area contributed by atoms with Crippen molar-refractivity contribution in [3.63, 3.8) is 0 Å². The first-order chi connectivity index (χ1) is 13.0. The smallest absolute Gasteiger partial charge is 0.257 e. The Morgan fingerprint density at radius 1 is 0.963 bits per heavy atom. The van der Waals surface area contributed by atoms with Crippen molar-refractivity contribution < 1.29 is 14.3 Å². The summed E-state index contributed by atoms with van der Waals surface area (Å²) in [6.45, 7) is 5.71. The molecule has 3 rings (SSSR count). The lowest BCUT2D eigenvalue weighted by atomic mass is 10.1. The van der Waals surface area contributed by atoms with Crippen LogP contribution in [0.4, 0.5) is 11.4 Å². The monoisotopic (exact) mass is 367 g/mol. The molecule has 2 aromatic carbocycles. The summed E-state index contributed by atoms with van der Waals surface area (Å²) in [7, 11) is 0. The van der Waals surface area contributed by atoms with Crippen LogP contribution in [0.2, 0.25) is 0 Å². The quantitative estimate of drug-likeness (QED) is 0.852. The Kier molecular flexibility index (Phi) is 6.21. The molecule has 2 N–H and O–H groups in total. The van der Waals surface area contributed by atoms with E-state index in [9.17, 15) is 9.59 Å². The number of amides is 2. The summed E-state index contributed by atoms with van der Waals surface area (Å²) in [6, 6.07) is 16.3. The maximum absolute atomic E-state index is 12.6. The van der Waals surface area contributed by atoms with E-state index in [2.05, 4.69) is 15.5 Å². The summed E-state index contributed by atoms with van der Waals surface area (Å²) in [4.78, 5) is 27.2. The molecular formula is C21H25N3O3. The summed E-state index contributed by atoms with van der Waals surface area (Å²) < 4.78 is 5.70. The van der Waals surface area contributed by atoms with Crippen LogP contribution < -0.4 is 10.6 Å². The van der Waals surface area contributed by atoms with Crippen LogP contribution in [0.15, 0.2) is 54.6 Å². The Labute approximate surface area is 159 Å². The molecule has 6 nitrogen and oxygen atoms in total. The molecule has 0 spiro atoms. The highest BCUT2D eigenvalue weighted by molar-refractivity contribution is 6.10. The molecule has 142 valence electrons. The summed E-state index contributed by atoms with van der Waals surface area (Å²) in [5, 5.41) is 5.72. The number of carbonyl (C=O) groups excluding carboxylic acids is 2. The molecule has 1 aliphatic rings. The van der Waals surface area contributed by atoms with Crippen LogP contribution in [-0.4, -0.2) is 48.6 Å². The van der Waals surface area contributed by atoms with Crippen LogP contribution in [0, 0.1) is 0 Å². The SMILES string of the molecule is CC1CN(CC(=O)Nc2ccccc2C(=O)Nc2ccccc2)CC(C)O1. The number of anilines is 2. The van der Waals surface area contributed by atoms with Crippen molar-refractivity contribution in [2.45, 2.75) is 26.1 Å². The summed E-state index contributed by atoms with van der Waals surface area (Å²) in [5.41, 5.74) is 1.64. The number of hydrogen-bond acceptors (Lipinski definition) is 4. The first-order valence-corrected chi connectivity index (χ1v) is 9.14. The van der Waals surface area contributed by atoms with Gasteiger partial charge in [0.25, 0.3) is 5.91 Å². The fourth-order valence-electron chi connectivity index (χ4n) is 3.32. The van der Waals surface area contributed by atoms with Crippen molar-refractivity contribution in [1.82, 2.24) is 4.90 Å². The number of nitrogens with zero attached hydrogens (tertiary/aromatic N) is 1. The minimum absolute atomic E-state index is 0.102. The zero-order valence-electron chi connectivity index (χ0n) is 15.6. The molecular weight excluding hydrogens is 342 g/mol. The van der Waals surface area contributed by atoms with Crippen LogP contribution in [0.25, 0.3) is 0 Å². The normalized spacial score (nSPS) is 20.1. The molecule has 1 aliphatic heterocycles. The van der Waals surface area contributed by atoms with Crippen molar-refractivity contribution in [3.8, 4) is 0 Å². The number of nitrogens with one attached hydrogen (secondary N) is 2. The van der Waals surface area contributed by atoms with E-state index in [1.807, 2.05) is 44.2 Å².